The summed E-state index contributed by atoms with van der Waals surface area (Å²) in [5.74, 6) is -0.987. The molecule has 0 saturated carbocycles. The van der Waals surface area contributed by atoms with E-state index < -0.39 is 6.10 Å². The lowest BCUT2D eigenvalue weighted by molar-refractivity contribution is -0.167. The Balaban J connectivity index is 4.51. The van der Waals surface area contributed by atoms with Crippen LogP contribution in [0.4, 0.5) is 0 Å². The first-order chi connectivity index (χ1) is 39.0. The number of ether oxygens (including phenoxy) is 3. The quantitative estimate of drug-likeness (QED) is 0.0261. The van der Waals surface area contributed by atoms with Crippen LogP contribution in [0.2, 0.25) is 0 Å². The zero-order valence-electron chi connectivity index (χ0n) is 51.3. The Morgan fingerprint density at radius 1 is 0.266 bits per heavy atom. The molecule has 0 aromatic rings. The molecule has 0 amide bonds. The van der Waals surface area contributed by atoms with Gasteiger partial charge in [0.25, 0.3) is 0 Å². The van der Waals surface area contributed by atoms with E-state index in [1.807, 2.05) is 0 Å². The number of hydrogen-bond acceptors (Lipinski definition) is 6. The Morgan fingerprint density at radius 2 is 0.506 bits per heavy atom. The molecule has 1 unspecified atom stereocenters. The average Bonchev–Trinajstić information content (AvgIpc) is 3.45. The van der Waals surface area contributed by atoms with Gasteiger partial charge in [0.1, 0.15) is 13.2 Å². The number of rotatable bonds is 58. The molecule has 0 fully saturated rings. The molecule has 0 rings (SSSR count). The number of hydrogen-bond donors (Lipinski definition) is 0. The Labute approximate surface area is 487 Å². The second-order valence-corrected chi connectivity index (χ2v) is 21.3. The van der Waals surface area contributed by atoms with Gasteiger partial charge < -0.3 is 14.2 Å². The van der Waals surface area contributed by atoms with Crippen LogP contribution in [0.25, 0.3) is 0 Å². The summed E-state index contributed by atoms with van der Waals surface area (Å²) in [4.78, 5) is 38.4. The normalized spacial score (nSPS) is 13.0. The Kier molecular flexibility index (Phi) is 62.3. The van der Waals surface area contributed by atoms with Gasteiger partial charge in [-0.15, -0.1) is 0 Å². The van der Waals surface area contributed by atoms with Crippen molar-refractivity contribution < 1.29 is 28.6 Å². The van der Waals surface area contributed by atoms with Crippen LogP contribution >= 0.6 is 0 Å². The van der Waals surface area contributed by atoms with E-state index in [9.17, 15) is 14.4 Å². The minimum absolute atomic E-state index is 0.111. The smallest absolute Gasteiger partial charge is 0.306 e. The van der Waals surface area contributed by atoms with Gasteiger partial charge in [0.15, 0.2) is 6.10 Å². The minimum Gasteiger partial charge on any atom is -0.462 e. The van der Waals surface area contributed by atoms with Crippen LogP contribution in [-0.2, 0) is 28.6 Å². The first-order valence-electron chi connectivity index (χ1n) is 32.7. The van der Waals surface area contributed by atoms with Crippen molar-refractivity contribution >= 4 is 17.9 Å². The van der Waals surface area contributed by atoms with E-state index >= 15 is 0 Å². The fourth-order valence-corrected chi connectivity index (χ4v) is 8.84. The molecule has 0 bridgehead atoms. The highest BCUT2D eigenvalue weighted by Gasteiger charge is 2.19. The number of esters is 3. The van der Waals surface area contributed by atoms with Crippen molar-refractivity contribution in [2.75, 3.05) is 13.2 Å². The van der Waals surface area contributed by atoms with Crippen molar-refractivity contribution in [3.8, 4) is 0 Å². The Bertz CT molecular complexity index is 1680. The zero-order chi connectivity index (χ0) is 57.1. The molecule has 1 atom stereocenters. The third kappa shape index (κ3) is 64.3. The van der Waals surface area contributed by atoms with E-state index in [2.05, 4.69) is 154 Å². The molecule has 0 aromatic heterocycles. The summed E-state index contributed by atoms with van der Waals surface area (Å²) in [6.07, 6.45) is 93.2. The average molecular weight is 1090 g/mol. The second-order valence-electron chi connectivity index (χ2n) is 21.3. The van der Waals surface area contributed by atoms with E-state index in [0.29, 0.717) is 19.3 Å². The fraction of sp³-hybridized carbons (Fsp3) is 0.658. The molecule has 79 heavy (non-hydrogen) atoms. The maximum atomic E-state index is 12.9. The molecule has 0 aliphatic carbocycles. The predicted molar refractivity (Wildman–Crippen MR) is 343 cm³/mol. The van der Waals surface area contributed by atoms with Gasteiger partial charge in [0.2, 0.25) is 0 Å². The molecule has 0 aromatic carbocycles. The first-order valence-corrected chi connectivity index (χ1v) is 32.7. The molecule has 0 aliphatic rings. The number of carbonyl (C=O) groups is 3. The van der Waals surface area contributed by atoms with Gasteiger partial charge in [0.05, 0.1) is 0 Å². The van der Waals surface area contributed by atoms with Gasteiger partial charge in [-0.3, -0.25) is 14.4 Å². The molecule has 448 valence electrons. The molecule has 0 N–H and O–H groups in total. The van der Waals surface area contributed by atoms with Crippen molar-refractivity contribution in [1.29, 1.82) is 0 Å². The van der Waals surface area contributed by atoms with Gasteiger partial charge in [-0.2, -0.15) is 0 Å². The van der Waals surface area contributed by atoms with Crippen LogP contribution in [0.1, 0.15) is 290 Å². The molecule has 6 heteroatoms. The van der Waals surface area contributed by atoms with E-state index in [1.54, 1.807) is 0 Å². The zero-order valence-corrected chi connectivity index (χ0v) is 51.3. The van der Waals surface area contributed by atoms with Crippen molar-refractivity contribution in [1.82, 2.24) is 0 Å². The first kappa shape index (κ1) is 74.5. The van der Waals surface area contributed by atoms with E-state index in [4.69, 9.17) is 14.2 Å². The number of unbranched alkanes of at least 4 members (excludes halogenated alkanes) is 25. The van der Waals surface area contributed by atoms with Crippen molar-refractivity contribution in [3.05, 3.63) is 134 Å². The monoisotopic (exact) mass is 1090 g/mol. The fourth-order valence-electron chi connectivity index (χ4n) is 8.84. The summed E-state index contributed by atoms with van der Waals surface area (Å²) in [5.41, 5.74) is 0. The number of carbonyl (C=O) groups excluding carboxylic acids is 3. The summed E-state index contributed by atoms with van der Waals surface area (Å²) < 4.78 is 16.9. The minimum atomic E-state index is -0.817. The summed E-state index contributed by atoms with van der Waals surface area (Å²) in [6, 6.07) is 0. The number of allylic oxidation sites excluding steroid dienone is 22. The lowest BCUT2D eigenvalue weighted by atomic mass is 10.0. The van der Waals surface area contributed by atoms with Crippen LogP contribution in [0.3, 0.4) is 0 Å². The maximum Gasteiger partial charge on any atom is 0.306 e. The molecule has 0 radical (unpaired) electrons. The van der Waals surface area contributed by atoms with Crippen LogP contribution in [0.5, 0.6) is 0 Å². The van der Waals surface area contributed by atoms with Crippen LogP contribution in [-0.4, -0.2) is 37.2 Å². The van der Waals surface area contributed by atoms with Gasteiger partial charge in [-0.1, -0.05) is 296 Å². The predicted octanol–water partition coefficient (Wildman–Crippen LogP) is 22.5. The second kappa shape index (κ2) is 66.1. The van der Waals surface area contributed by atoms with Crippen LogP contribution in [0.15, 0.2) is 134 Å². The third-order valence-corrected chi connectivity index (χ3v) is 13.7. The van der Waals surface area contributed by atoms with Gasteiger partial charge in [0, 0.05) is 19.3 Å². The Hall–Kier alpha value is -4.45. The summed E-state index contributed by atoms with van der Waals surface area (Å²) in [7, 11) is 0. The lowest BCUT2D eigenvalue weighted by Crippen LogP contribution is -2.30. The molecule has 0 heterocycles. The lowest BCUT2D eigenvalue weighted by Gasteiger charge is -2.18. The van der Waals surface area contributed by atoms with Crippen molar-refractivity contribution in [3.63, 3.8) is 0 Å². The molecule has 0 saturated heterocycles. The van der Waals surface area contributed by atoms with Gasteiger partial charge in [-0.05, 0) is 109 Å². The molecule has 0 spiro atoms. The van der Waals surface area contributed by atoms with Gasteiger partial charge >= 0.3 is 17.9 Å². The van der Waals surface area contributed by atoms with E-state index in [0.717, 1.165) is 128 Å². The van der Waals surface area contributed by atoms with Gasteiger partial charge in [-0.25, -0.2) is 0 Å². The standard InChI is InChI=1S/C73H120O6/c1-4-7-10-13-16-19-22-25-28-31-33-35-36-38-39-42-45-48-51-54-57-60-63-66-72(75)78-69-70(68-77-71(74)65-62-59-56-53-50-47-44-41-30-27-24-21-18-15-12-9-6-3)79-73(76)67-64-61-58-55-52-49-46-43-40-37-34-32-29-26-23-20-17-14-11-8-5-2/h7,9-10,12,16,18-19,21,25,27-28,30,33,35,38-39,44-45,47-48,54,57,70H,4-6,8,11,13-15,17,20,22-24,26,29,31-32,34,36-37,40-43,46,49-53,55-56,58-69H2,1-3H3/b10-7-,12-9-,19-16-,21-18-,28-25-,30-27-,35-33-,39-38-,47-44-,48-45-,57-54-. The van der Waals surface area contributed by atoms with Crippen LogP contribution in [0, 0.1) is 0 Å². The van der Waals surface area contributed by atoms with E-state index in [-0.39, 0.29) is 37.5 Å². The largest absolute Gasteiger partial charge is 0.462 e. The summed E-state index contributed by atoms with van der Waals surface area (Å²) in [6.45, 7) is 6.37. The molecular weight excluding hydrogens is 973 g/mol. The maximum absolute atomic E-state index is 12.9. The third-order valence-electron chi connectivity index (χ3n) is 13.7. The summed E-state index contributed by atoms with van der Waals surface area (Å²) in [5, 5.41) is 0. The highest BCUT2D eigenvalue weighted by Crippen LogP contribution is 2.16. The molecular formula is C73H120O6. The Morgan fingerprint density at radius 3 is 0.823 bits per heavy atom. The van der Waals surface area contributed by atoms with Crippen LogP contribution < -0.4 is 0 Å². The van der Waals surface area contributed by atoms with Crippen molar-refractivity contribution in [2.24, 2.45) is 0 Å². The molecule has 0 aliphatic heterocycles. The topological polar surface area (TPSA) is 78.9 Å². The highest BCUT2D eigenvalue weighted by atomic mass is 16.6. The summed E-state index contributed by atoms with van der Waals surface area (Å²) >= 11 is 0. The highest BCUT2D eigenvalue weighted by molar-refractivity contribution is 5.71. The van der Waals surface area contributed by atoms with E-state index in [1.165, 1.54) is 116 Å². The SMILES string of the molecule is CC/C=C\C/C=C\C/C=C\C/C=C\C/C=C\C/C=C\C/C=C\CCCC(=O)OCC(COC(=O)CCCCCC/C=C\C/C=C\C/C=C\C/C=C\CC)OC(=O)CCCCCCCCCCCCCCCCCCCCCCC. The van der Waals surface area contributed by atoms with Crippen molar-refractivity contribution in [2.45, 2.75) is 297 Å². The molecule has 6 nitrogen and oxygen atoms in total.